The number of pyridine rings is 1. The summed E-state index contributed by atoms with van der Waals surface area (Å²) in [5.41, 5.74) is 0.117. The van der Waals surface area contributed by atoms with Gasteiger partial charge in [0.1, 0.15) is 0 Å². The third-order valence-corrected chi connectivity index (χ3v) is 3.18. The Bertz CT molecular complexity index is 377. The van der Waals surface area contributed by atoms with Crippen molar-refractivity contribution in [3.63, 3.8) is 0 Å². The largest absolute Gasteiger partial charge is 0.385 e. The third-order valence-electron chi connectivity index (χ3n) is 3.18. The van der Waals surface area contributed by atoms with E-state index in [1.807, 2.05) is 12.1 Å². The summed E-state index contributed by atoms with van der Waals surface area (Å²) in [6.45, 7) is 1.97. The standard InChI is InChI=1S/C12H15N3O/c13-5-9-15-7-3-12(16,4-8-15)11-2-1-6-14-10-11/h1-2,6,10,16H,3-4,7-9H2. The summed E-state index contributed by atoms with van der Waals surface area (Å²) >= 11 is 0. The highest BCUT2D eigenvalue weighted by Gasteiger charge is 2.33. The number of aromatic nitrogens is 1. The van der Waals surface area contributed by atoms with Crippen LogP contribution in [0, 0.1) is 11.3 Å². The molecule has 0 unspecified atom stereocenters. The van der Waals surface area contributed by atoms with E-state index in [0.29, 0.717) is 19.4 Å². The van der Waals surface area contributed by atoms with E-state index in [2.05, 4.69) is 16.0 Å². The third kappa shape index (κ3) is 2.21. The molecule has 0 aromatic carbocycles. The SMILES string of the molecule is N#CCN1CCC(O)(c2cccnc2)CC1. The van der Waals surface area contributed by atoms with Crippen molar-refractivity contribution in [1.29, 1.82) is 5.26 Å². The number of nitrogens with zero attached hydrogens (tertiary/aromatic N) is 3. The number of aliphatic hydroxyl groups is 1. The predicted molar refractivity (Wildman–Crippen MR) is 59.4 cm³/mol. The molecule has 0 radical (unpaired) electrons. The van der Waals surface area contributed by atoms with Crippen LogP contribution in [0.5, 0.6) is 0 Å². The lowest BCUT2D eigenvalue weighted by atomic mass is 9.85. The van der Waals surface area contributed by atoms with Crippen LogP contribution in [0.3, 0.4) is 0 Å². The molecule has 1 fully saturated rings. The van der Waals surface area contributed by atoms with E-state index in [1.54, 1.807) is 12.4 Å². The summed E-state index contributed by atoms with van der Waals surface area (Å²) in [5.74, 6) is 0. The van der Waals surface area contributed by atoms with Crippen LogP contribution in [0.15, 0.2) is 24.5 Å². The van der Waals surface area contributed by atoms with Crippen molar-refractivity contribution >= 4 is 0 Å². The number of hydrogen-bond donors (Lipinski definition) is 1. The van der Waals surface area contributed by atoms with Gasteiger partial charge in [-0.3, -0.25) is 9.88 Å². The number of likely N-dealkylation sites (tertiary alicyclic amines) is 1. The zero-order valence-electron chi connectivity index (χ0n) is 9.13. The molecule has 1 aliphatic rings. The first kappa shape index (κ1) is 11.1. The minimum Gasteiger partial charge on any atom is -0.385 e. The normalized spacial score (nSPS) is 20.2. The molecule has 1 N–H and O–H groups in total. The topological polar surface area (TPSA) is 60.2 Å². The molecule has 2 rings (SSSR count). The summed E-state index contributed by atoms with van der Waals surface area (Å²) in [7, 11) is 0. The van der Waals surface area contributed by atoms with Crippen molar-refractivity contribution in [2.24, 2.45) is 0 Å². The first-order chi connectivity index (χ1) is 7.74. The van der Waals surface area contributed by atoms with Crippen LogP contribution in [0.2, 0.25) is 0 Å². The summed E-state index contributed by atoms with van der Waals surface area (Å²) in [6.07, 6.45) is 4.76. The van der Waals surface area contributed by atoms with Gasteiger partial charge in [-0.05, 0) is 18.9 Å². The van der Waals surface area contributed by atoms with E-state index in [0.717, 1.165) is 18.7 Å². The van der Waals surface area contributed by atoms with E-state index in [9.17, 15) is 5.11 Å². The van der Waals surface area contributed by atoms with Crippen molar-refractivity contribution < 1.29 is 5.11 Å². The van der Waals surface area contributed by atoms with Gasteiger partial charge in [0.05, 0.1) is 18.2 Å². The van der Waals surface area contributed by atoms with Gasteiger partial charge in [0, 0.05) is 31.0 Å². The predicted octanol–water partition coefficient (Wildman–Crippen LogP) is 0.889. The highest BCUT2D eigenvalue weighted by molar-refractivity contribution is 5.19. The maximum atomic E-state index is 10.5. The Morgan fingerprint density at radius 3 is 2.81 bits per heavy atom. The van der Waals surface area contributed by atoms with Crippen molar-refractivity contribution in [3.05, 3.63) is 30.1 Å². The molecule has 1 aliphatic heterocycles. The second-order valence-corrected chi connectivity index (χ2v) is 4.21. The molecule has 0 spiro atoms. The zero-order valence-corrected chi connectivity index (χ0v) is 9.13. The summed E-state index contributed by atoms with van der Waals surface area (Å²) in [5, 5.41) is 19.1. The van der Waals surface area contributed by atoms with Gasteiger partial charge < -0.3 is 5.11 Å². The lowest BCUT2D eigenvalue weighted by molar-refractivity contribution is -0.0233. The van der Waals surface area contributed by atoms with Crippen LogP contribution >= 0.6 is 0 Å². The molecule has 4 heteroatoms. The molecule has 0 aliphatic carbocycles. The molecule has 16 heavy (non-hydrogen) atoms. The lowest BCUT2D eigenvalue weighted by Gasteiger charge is -2.37. The maximum absolute atomic E-state index is 10.5. The quantitative estimate of drug-likeness (QED) is 0.747. The van der Waals surface area contributed by atoms with Crippen LogP contribution in [-0.2, 0) is 5.60 Å². The molecule has 1 saturated heterocycles. The van der Waals surface area contributed by atoms with Crippen LogP contribution in [0.1, 0.15) is 18.4 Å². The summed E-state index contributed by atoms with van der Waals surface area (Å²) in [6, 6.07) is 5.89. The van der Waals surface area contributed by atoms with E-state index < -0.39 is 5.60 Å². The molecule has 2 heterocycles. The Labute approximate surface area is 95.1 Å². The van der Waals surface area contributed by atoms with Crippen molar-refractivity contribution in [2.45, 2.75) is 18.4 Å². The Hall–Kier alpha value is -1.44. The Kier molecular flexibility index (Phi) is 3.18. The van der Waals surface area contributed by atoms with Gasteiger partial charge >= 0.3 is 0 Å². The first-order valence-electron chi connectivity index (χ1n) is 5.47. The molecule has 1 aromatic rings. The highest BCUT2D eigenvalue weighted by atomic mass is 16.3. The van der Waals surface area contributed by atoms with Crippen molar-refractivity contribution in [3.8, 4) is 6.07 Å². The fraction of sp³-hybridized carbons (Fsp3) is 0.500. The molecular weight excluding hydrogens is 202 g/mol. The van der Waals surface area contributed by atoms with E-state index in [-0.39, 0.29) is 0 Å². The molecule has 0 atom stereocenters. The lowest BCUT2D eigenvalue weighted by Crippen LogP contribution is -2.42. The molecule has 1 aromatic heterocycles. The summed E-state index contributed by atoms with van der Waals surface area (Å²) < 4.78 is 0. The van der Waals surface area contributed by atoms with Gasteiger partial charge in [0.25, 0.3) is 0 Å². The smallest absolute Gasteiger partial charge is 0.0935 e. The fourth-order valence-corrected chi connectivity index (χ4v) is 2.11. The van der Waals surface area contributed by atoms with Gasteiger partial charge in [-0.2, -0.15) is 5.26 Å². The van der Waals surface area contributed by atoms with Gasteiger partial charge in [0.15, 0.2) is 0 Å². The highest BCUT2D eigenvalue weighted by Crippen LogP contribution is 2.31. The van der Waals surface area contributed by atoms with Crippen molar-refractivity contribution in [2.75, 3.05) is 19.6 Å². The van der Waals surface area contributed by atoms with Gasteiger partial charge in [-0.15, -0.1) is 0 Å². The first-order valence-corrected chi connectivity index (χ1v) is 5.47. The fourth-order valence-electron chi connectivity index (χ4n) is 2.11. The molecule has 0 amide bonds. The minimum absolute atomic E-state index is 0.448. The number of rotatable bonds is 2. The van der Waals surface area contributed by atoms with E-state index in [4.69, 9.17) is 5.26 Å². The van der Waals surface area contributed by atoms with Crippen LogP contribution in [0.25, 0.3) is 0 Å². The Balaban J connectivity index is 2.05. The van der Waals surface area contributed by atoms with Gasteiger partial charge in [-0.25, -0.2) is 0 Å². The van der Waals surface area contributed by atoms with Crippen molar-refractivity contribution in [1.82, 2.24) is 9.88 Å². The van der Waals surface area contributed by atoms with Gasteiger partial charge in [-0.1, -0.05) is 6.07 Å². The second kappa shape index (κ2) is 4.60. The second-order valence-electron chi connectivity index (χ2n) is 4.21. The number of nitriles is 1. The molecule has 0 saturated carbocycles. The van der Waals surface area contributed by atoms with Gasteiger partial charge in [0.2, 0.25) is 0 Å². The average molecular weight is 217 g/mol. The molecule has 84 valence electrons. The maximum Gasteiger partial charge on any atom is 0.0935 e. The average Bonchev–Trinajstić information content (AvgIpc) is 2.34. The van der Waals surface area contributed by atoms with E-state index in [1.165, 1.54) is 0 Å². The monoisotopic (exact) mass is 217 g/mol. The number of hydrogen-bond acceptors (Lipinski definition) is 4. The molecule has 4 nitrogen and oxygen atoms in total. The summed E-state index contributed by atoms with van der Waals surface area (Å²) in [4.78, 5) is 6.09. The van der Waals surface area contributed by atoms with E-state index >= 15 is 0 Å². The van der Waals surface area contributed by atoms with Crippen LogP contribution in [0.4, 0.5) is 0 Å². The minimum atomic E-state index is -0.764. The number of piperidine rings is 1. The Morgan fingerprint density at radius 2 is 2.25 bits per heavy atom. The zero-order chi connectivity index (χ0) is 11.4. The van der Waals surface area contributed by atoms with Crippen LogP contribution in [-0.4, -0.2) is 34.6 Å². The molecule has 0 bridgehead atoms. The molecular formula is C12H15N3O. The van der Waals surface area contributed by atoms with Crippen LogP contribution < -0.4 is 0 Å². The Morgan fingerprint density at radius 1 is 1.50 bits per heavy atom.